The predicted molar refractivity (Wildman–Crippen MR) is 68.6 cm³/mol. The largest absolute Gasteiger partial charge is 0.465 e. The maximum Gasteiger partial charge on any atom is 0.338 e. The number of oxazole rings is 1. The van der Waals surface area contributed by atoms with Crippen molar-refractivity contribution in [2.24, 2.45) is 0 Å². The second kappa shape index (κ2) is 5.73. The van der Waals surface area contributed by atoms with Crippen LogP contribution in [-0.4, -0.2) is 18.1 Å². The molecule has 1 aromatic heterocycles. The summed E-state index contributed by atoms with van der Waals surface area (Å²) in [5.74, 6) is 0.292. The van der Waals surface area contributed by atoms with Crippen molar-refractivity contribution in [3.63, 3.8) is 0 Å². The normalized spacial score (nSPS) is 10.3. The Morgan fingerprint density at radius 1 is 1.44 bits per heavy atom. The van der Waals surface area contributed by atoms with Gasteiger partial charge in [-0.3, -0.25) is 0 Å². The summed E-state index contributed by atoms with van der Waals surface area (Å²) in [6.45, 7) is 1.87. The maximum absolute atomic E-state index is 11.6. The molecular formula is C13H13NO3S. The number of carbonyl (C=O) groups is 1. The molecule has 4 nitrogen and oxygen atoms in total. The molecular weight excluding hydrogens is 250 g/mol. The number of benzene rings is 1. The van der Waals surface area contributed by atoms with E-state index in [0.717, 1.165) is 11.3 Å². The molecule has 94 valence electrons. The molecule has 0 spiro atoms. The molecule has 0 unspecified atom stereocenters. The molecule has 1 aromatic carbocycles. The van der Waals surface area contributed by atoms with Crippen LogP contribution in [0.25, 0.3) is 0 Å². The molecule has 0 amide bonds. The molecule has 0 bridgehead atoms. The molecule has 0 saturated carbocycles. The van der Waals surface area contributed by atoms with Gasteiger partial charge in [-0.05, 0) is 18.6 Å². The summed E-state index contributed by atoms with van der Waals surface area (Å²) in [4.78, 5) is 15.8. The quantitative estimate of drug-likeness (QED) is 0.626. The summed E-state index contributed by atoms with van der Waals surface area (Å²) in [7, 11) is 1.38. The Morgan fingerprint density at radius 2 is 2.22 bits per heavy atom. The summed E-state index contributed by atoms with van der Waals surface area (Å²) in [6, 6.07) is 7.36. The van der Waals surface area contributed by atoms with E-state index in [-0.39, 0.29) is 5.97 Å². The predicted octanol–water partition coefficient (Wildman–Crippen LogP) is 3.06. The smallest absolute Gasteiger partial charge is 0.338 e. The fourth-order valence-electron chi connectivity index (χ4n) is 1.49. The van der Waals surface area contributed by atoms with Crippen LogP contribution in [0.4, 0.5) is 0 Å². The molecule has 0 fully saturated rings. The first-order valence-corrected chi connectivity index (χ1v) is 6.40. The van der Waals surface area contributed by atoms with Gasteiger partial charge in [0, 0.05) is 5.75 Å². The summed E-state index contributed by atoms with van der Waals surface area (Å²) < 4.78 is 9.99. The first kappa shape index (κ1) is 12.7. The van der Waals surface area contributed by atoms with E-state index in [2.05, 4.69) is 4.98 Å². The number of hydrogen-bond donors (Lipinski definition) is 0. The third-order valence-corrected chi connectivity index (χ3v) is 3.26. The summed E-state index contributed by atoms with van der Waals surface area (Å²) >= 11 is 1.45. The summed E-state index contributed by atoms with van der Waals surface area (Å²) in [6.07, 6.45) is 1.61. The fraction of sp³-hybridized carbons (Fsp3) is 0.231. The molecule has 0 aliphatic carbocycles. The van der Waals surface area contributed by atoms with Crippen molar-refractivity contribution in [3.05, 3.63) is 47.3 Å². The van der Waals surface area contributed by atoms with Crippen molar-refractivity contribution >= 4 is 17.7 Å². The minimum atomic E-state index is -0.324. The standard InChI is InChI=1S/C13H13NO3S/c1-9-7-17-13(14-9)18-8-10-5-3-4-6-11(10)12(15)16-2/h3-7H,8H2,1-2H3. The van der Waals surface area contributed by atoms with Crippen LogP contribution >= 0.6 is 11.8 Å². The average molecular weight is 263 g/mol. The van der Waals surface area contributed by atoms with Crippen LogP contribution in [0.1, 0.15) is 21.6 Å². The molecule has 2 aromatic rings. The summed E-state index contributed by atoms with van der Waals surface area (Å²) in [5.41, 5.74) is 2.33. The monoisotopic (exact) mass is 263 g/mol. The molecule has 0 aliphatic heterocycles. The number of aryl methyl sites for hydroxylation is 1. The Balaban J connectivity index is 2.11. The van der Waals surface area contributed by atoms with Crippen molar-refractivity contribution in [3.8, 4) is 0 Å². The molecule has 5 heteroatoms. The zero-order valence-electron chi connectivity index (χ0n) is 10.2. The third kappa shape index (κ3) is 2.92. The Hall–Kier alpha value is -1.75. The Morgan fingerprint density at radius 3 is 2.89 bits per heavy atom. The SMILES string of the molecule is COC(=O)c1ccccc1CSc1nc(C)co1. The molecule has 0 N–H and O–H groups in total. The van der Waals surface area contributed by atoms with Gasteiger partial charge in [0.05, 0.1) is 18.4 Å². The number of thioether (sulfide) groups is 1. The highest BCUT2D eigenvalue weighted by Gasteiger charge is 2.12. The Kier molecular flexibility index (Phi) is 4.04. The van der Waals surface area contributed by atoms with E-state index >= 15 is 0 Å². The topological polar surface area (TPSA) is 52.3 Å². The van der Waals surface area contributed by atoms with E-state index in [1.54, 1.807) is 12.3 Å². The zero-order chi connectivity index (χ0) is 13.0. The summed E-state index contributed by atoms with van der Waals surface area (Å²) in [5, 5.41) is 0.604. The van der Waals surface area contributed by atoms with Crippen molar-refractivity contribution < 1.29 is 13.9 Å². The van der Waals surface area contributed by atoms with Gasteiger partial charge in [-0.2, -0.15) is 0 Å². The van der Waals surface area contributed by atoms with E-state index in [9.17, 15) is 4.79 Å². The highest BCUT2D eigenvalue weighted by molar-refractivity contribution is 7.98. The van der Waals surface area contributed by atoms with E-state index < -0.39 is 0 Å². The van der Waals surface area contributed by atoms with Crippen LogP contribution in [0.2, 0.25) is 0 Å². The van der Waals surface area contributed by atoms with Crippen LogP contribution < -0.4 is 0 Å². The average Bonchev–Trinajstić information content (AvgIpc) is 2.81. The number of carbonyl (C=O) groups excluding carboxylic acids is 1. The van der Waals surface area contributed by atoms with Crippen molar-refractivity contribution in [1.29, 1.82) is 0 Å². The van der Waals surface area contributed by atoms with Crippen LogP contribution in [0.5, 0.6) is 0 Å². The number of aromatic nitrogens is 1. The minimum absolute atomic E-state index is 0.324. The van der Waals surface area contributed by atoms with Crippen molar-refractivity contribution in [2.75, 3.05) is 7.11 Å². The van der Waals surface area contributed by atoms with Crippen LogP contribution in [0.15, 0.2) is 40.2 Å². The fourth-order valence-corrected chi connectivity index (χ4v) is 2.35. The van der Waals surface area contributed by atoms with Gasteiger partial charge in [0.15, 0.2) is 0 Å². The number of nitrogens with zero attached hydrogens (tertiary/aromatic N) is 1. The van der Waals surface area contributed by atoms with Crippen molar-refractivity contribution in [2.45, 2.75) is 17.9 Å². The lowest BCUT2D eigenvalue weighted by molar-refractivity contribution is 0.0600. The van der Waals surface area contributed by atoms with Gasteiger partial charge >= 0.3 is 5.97 Å². The zero-order valence-corrected chi connectivity index (χ0v) is 11.0. The first-order chi connectivity index (χ1) is 8.70. The van der Waals surface area contributed by atoms with Gasteiger partial charge in [-0.1, -0.05) is 30.0 Å². The molecule has 0 atom stereocenters. The molecule has 0 saturated heterocycles. The molecule has 0 radical (unpaired) electrons. The lowest BCUT2D eigenvalue weighted by atomic mass is 10.1. The van der Waals surface area contributed by atoms with Crippen LogP contribution in [0.3, 0.4) is 0 Å². The molecule has 18 heavy (non-hydrogen) atoms. The third-order valence-electron chi connectivity index (χ3n) is 2.37. The van der Waals surface area contributed by atoms with Gasteiger partial charge in [0.1, 0.15) is 6.26 Å². The van der Waals surface area contributed by atoms with E-state index in [1.165, 1.54) is 18.9 Å². The minimum Gasteiger partial charge on any atom is -0.465 e. The number of methoxy groups -OCH3 is 1. The maximum atomic E-state index is 11.6. The van der Waals surface area contributed by atoms with Crippen molar-refractivity contribution in [1.82, 2.24) is 4.98 Å². The Labute approximate surface area is 109 Å². The molecule has 1 heterocycles. The molecule has 0 aliphatic rings. The van der Waals surface area contributed by atoms with Crippen LogP contribution in [-0.2, 0) is 10.5 Å². The van der Waals surface area contributed by atoms with E-state index in [4.69, 9.17) is 9.15 Å². The highest BCUT2D eigenvalue weighted by Crippen LogP contribution is 2.24. The van der Waals surface area contributed by atoms with Crippen LogP contribution in [0, 0.1) is 6.92 Å². The molecule has 2 rings (SSSR count). The Bertz CT molecular complexity index is 551. The van der Waals surface area contributed by atoms with Gasteiger partial charge in [-0.25, -0.2) is 9.78 Å². The van der Waals surface area contributed by atoms with Gasteiger partial charge in [0.25, 0.3) is 5.22 Å². The van der Waals surface area contributed by atoms with E-state index in [0.29, 0.717) is 16.5 Å². The highest BCUT2D eigenvalue weighted by atomic mass is 32.2. The van der Waals surface area contributed by atoms with Gasteiger partial charge in [0.2, 0.25) is 0 Å². The second-order valence-electron chi connectivity index (χ2n) is 3.69. The second-order valence-corrected chi connectivity index (χ2v) is 4.62. The number of rotatable bonds is 4. The first-order valence-electron chi connectivity index (χ1n) is 5.42. The number of hydrogen-bond acceptors (Lipinski definition) is 5. The van der Waals surface area contributed by atoms with Gasteiger partial charge in [-0.15, -0.1) is 0 Å². The lowest BCUT2D eigenvalue weighted by Gasteiger charge is -2.05. The number of ether oxygens (including phenoxy) is 1. The lowest BCUT2D eigenvalue weighted by Crippen LogP contribution is -2.04. The van der Waals surface area contributed by atoms with E-state index in [1.807, 2.05) is 25.1 Å². The number of esters is 1. The van der Waals surface area contributed by atoms with Gasteiger partial charge < -0.3 is 9.15 Å².